The molecule has 10 nitrogen and oxygen atoms in total. The molecule has 3 saturated heterocycles. The smallest absolute Gasteiger partial charge is 0.294 e. The number of hydrogen-bond donors (Lipinski definition) is 0. The molecule has 3 amide bonds. The van der Waals surface area contributed by atoms with Crippen LogP contribution in [0.4, 0.5) is 0 Å². The van der Waals surface area contributed by atoms with Crippen molar-refractivity contribution in [2.45, 2.75) is 82.4 Å². The molecule has 0 aromatic heterocycles. The number of rotatable bonds is 7. The Bertz CT molecular complexity index is 778. The Labute approximate surface area is 195 Å². The molecule has 0 aromatic rings. The van der Waals surface area contributed by atoms with E-state index >= 15 is 0 Å². The molecule has 1 aliphatic carbocycles. The van der Waals surface area contributed by atoms with Crippen LogP contribution >= 0.6 is 0 Å². The average molecular weight is 468 g/mol. The summed E-state index contributed by atoms with van der Waals surface area (Å²) in [4.78, 5) is 57.6. The number of methoxy groups -OCH3 is 3. The van der Waals surface area contributed by atoms with Gasteiger partial charge in [-0.15, -0.1) is 0 Å². The maximum absolute atomic E-state index is 13.5. The topological polar surface area (TPSA) is 106 Å². The first-order valence-electron chi connectivity index (χ1n) is 11.4. The normalized spacial score (nSPS) is 28.6. The molecule has 0 unspecified atom stereocenters. The number of ketones is 1. The van der Waals surface area contributed by atoms with Crippen molar-refractivity contribution < 1.29 is 33.4 Å². The summed E-state index contributed by atoms with van der Waals surface area (Å²) in [5, 5.41) is 0. The third-order valence-corrected chi connectivity index (χ3v) is 7.69. The molecule has 0 spiro atoms. The number of nitrogens with zero attached hydrogens (tertiary/aromatic N) is 3. The van der Waals surface area contributed by atoms with Gasteiger partial charge in [0.25, 0.3) is 11.7 Å². The zero-order valence-corrected chi connectivity index (χ0v) is 19.1. The van der Waals surface area contributed by atoms with Crippen molar-refractivity contribution in [3.8, 4) is 0 Å². The minimum Gasteiger partial charge on any atom is -0.370 e. The quantitative estimate of drug-likeness (QED) is 0.398. The first kappa shape index (κ1) is 25.6. The standard InChI is InChI=1S/C22H33N3O7.CH4/c1-30-18(31-2)13-23-11-16-14-7-6-8-15(20(28)24(16)12-17(23)26)25(14)21(29)19(27)22(32-3)9-4-5-10-22;/h14-16,18H,4-13H2,1-3H3;1H4/t14-,15+,16-;/m1./s1. The predicted octanol–water partition coefficient (Wildman–Crippen LogP) is 0.572. The minimum absolute atomic E-state index is 0. The summed E-state index contributed by atoms with van der Waals surface area (Å²) in [5.41, 5.74) is -1.08. The lowest BCUT2D eigenvalue weighted by Gasteiger charge is -2.56. The number of hydrogen-bond acceptors (Lipinski definition) is 7. The van der Waals surface area contributed by atoms with E-state index < -0.39 is 29.6 Å². The van der Waals surface area contributed by atoms with Gasteiger partial charge in [-0.05, 0) is 44.9 Å². The van der Waals surface area contributed by atoms with Crippen LogP contribution in [0.3, 0.4) is 0 Å². The Hall–Kier alpha value is -2.04. The number of piperazine rings is 2. The van der Waals surface area contributed by atoms with Crippen LogP contribution in [0.15, 0.2) is 0 Å². The van der Waals surface area contributed by atoms with Crippen LogP contribution in [-0.4, -0.2) is 109 Å². The van der Waals surface area contributed by atoms with Crippen LogP contribution in [0.1, 0.15) is 52.4 Å². The molecule has 2 bridgehead atoms. The van der Waals surface area contributed by atoms with E-state index in [0.717, 1.165) is 19.3 Å². The minimum atomic E-state index is -1.08. The molecule has 0 aromatic carbocycles. The van der Waals surface area contributed by atoms with Crippen LogP contribution in [0.2, 0.25) is 0 Å². The molecule has 1 saturated carbocycles. The first-order valence-corrected chi connectivity index (χ1v) is 11.4. The molecule has 4 aliphatic rings. The number of piperidine rings is 1. The summed E-state index contributed by atoms with van der Waals surface area (Å²) in [7, 11) is 4.49. The fourth-order valence-electron chi connectivity index (χ4n) is 5.88. The van der Waals surface area contributed by atoms with E-state index in [1.54, 1.807) is 9.80 Å². The monoisotopic (exact) mass is 467 g/mol. The third kappa shape index (κ3) is 4.28. The zero-order chi connectivity index (χ0) is 23.0. The van der Waals surface area contributed by atoms with E-state index in [4.69, 9.17) is 14.2 Å². The summed E-state index contributed by atoms with van der Waals surface area (Å²) >= 11 is 0. The molecule has 0 N–H and O–H groups in total. The van der Waals surface area contributed by atoms with Gasteiger partial charge < -0.3 is 28.9 Å². The fraction of sp³-hybridized carbons (Fsp3) is 0.826. The molecule has 4 rings (SSSR count). The van der Waals surface area contributed by atoms with Crippen LogP contribution in [0.25, 0.3) is 0 Å². The van der Waals surface area contributed by atoms with Crippen molar-refractivity contribution in [1.29, 1.82) is 0 Å². The fourth-order valence-corrected chi connectivity index (χ4v) is 5.88. The van der Waals surface area contributed by atoms with Crippen molar-refractivity contribution in [2.75, 3.05) is 41.0 Å². The Morgan fingerprint density at radius 2 is 1.70 bits per heavy atom. The summed E-state index contributed by atoms with van der Waals surface area (Å²) < 4.78 is 16.0. The predicted molar refractivity (Wildman–Crippen MR) is 118 cm³/mol. The lowest BCUT2D eigenvalue weighted by atomic mass is 9.82. The van der Waals surface area contributed by atoms with E-state index in [-0.39, 0.29) is 51.0 Å². The molecule has 10 heteroatoms. The second-order valence-corrected chi connectivity index (χ2v) is 9.19. The SMILES string of the molecule is C.COC(CN1C[C@@H]2[C@H]3CCC[C@@H](C(=O)N2CC1=O)N3C(=O)C(=O)C1(OC)CCCC1)OC. The highest BCUT2D eigenvalue weighted by Gasteiger charge is 2.56. The zero-order valence-electron chi connectivity index (χ0n) is 19.1. The lowest BCUT2D eigenvalue weighted by Crippen LogP contribution is -2.75. The van der Waals surface area contributed by atoms with Gasteiger partial charge >= 0.3 is 0 Å². The molecule has 4 fully saturated rings. The molecule has 3 aliphatic heterocycles. The van der Waals surface area contributed by atoms with Crippen LogP contribution in [-0.2, 0) is 33.4 Å². The molecule has 3 heterocycles. The molecular formula is C23H37N3O7. The largest absolute Gasteiger partial charge is 0.370 e. The van der Waals surface area contributed by atoms with Crippen molar-refractivity contribution in [3.05, 3.63) is 0 Å². The summed E-state index contributed by atoms with van der Waals surface area (Å²) in [6, 6.07) is -1.36. The highest BCUT2D eigenvalue weighted by molar-refractivity contribution is 6.39. The summed E-state index contributed by atoms with van der Waals surface area (Å²) in [6.07, 6.45) is 4.14. The van der Waals surface area contributed by atoms with E-state index in [1.165, 1.54) is 26.2 Å². The Morgan fingerprint density at radius 1 is 1.03 bits per heavy atom. The second-order valence-electron chi connectivity index (χ2n) is 9.19. The van der Waals surface area contributed by atoms with Gasteiger partial charge in [0.1, 0.15) is 18.2 Å². The van der Waals surface area contributed by atoms with E-state index in [2.05, 4.69) is 0 Å². The van der Waals surface area contributed by atoms with Crippen LogP contribution in [0, 0.1) is 0 Å². The van der Waals surface area contributed by atoms with Crippen molar-refractivity contribution in [3.63, 3.8) is 0 Å². The van der Waals surface area contributed by atoms with Gasteiger partial charge in [-0.3, -0.25) is 19.2 Å². The van der Waals surface area contributed by atoms with Gasteiger partial charge in [0, 0.05) is 27.9 Å². The number of Topliss-reactive ketones (excluding diaryl/α,β-unsaturated/α-hetero) is 1. The number of carbonyl (C=O) groups is 4. The van der Waals surface area contributed by atoms with Gasteiger partial charge in [0.05, 0.1) is 18.6 Å². The van der Waals surface area contributed by atoms with Crippen molar-refractivity contribution in [2.24, 2.45) is 0 Å². The van der Waals surface area contributed by atoms with Gasteiger partial charge in [0.2, 0.25) is 11.8 Å². The third-order valence-electron chi connectivity index (χ3n) is 7.69. The Balaban J connectivity index is 0.00000306. The van der Waals surface area contributed by atoms with Gasteiger partial charge in [0.15, 0.2) is 6.29 Å². The summed E-state index contributed by atoms with van der Waals surface area (Å²) in [6.45, 7) is 0.480. The van der Waals surface area contributed by atoms with Gasteiger partial charge in [-0.1, -0.05) is 7.43 Å². The molecule has 186 valence electrons. The number of fused-ring (bicyclic) bond motifs is 4. The average Bonchev–Trinajstić information content (AvgIpc) is 3.31. The Kier molecular flexibility index (Phi) is 7.80. The first-order chi connectivity index (χ1) is 15.4. The maximum Gasteiger partial charge on any atom is 0.294 e. The molecule has 33 heavy (non-hydrogen) atoms. The van der Waals surface area contributed by atoms with Crippen LogP contribution < -0.4 is 0 Å². The second kappa shape index (κ2) is 10.1. The van der Waals surface area contributed by atoms with E-state index in [9.17, 15) is 19.2 Å². The summed E-state index contributed by atoms with van der Waals surface area (Å²) in [5.74, 6) is -1.58. The lowest BCUT2D eigenvalue weighted by molar-refractivity contribution is -0.181. The van der Waals surface area contributed by atoms with E-state index in [1.807, 2.05) is 0 Å². The van der Waals surface area contributed by atoms with Crippen LogP contribution in [0.5, 0.6) is 0 Å². The van der Waals surface area contributed by atoms with E-state index in [0.29, 0.717) is 25.7 Å². The van der Waals surface area contributed by atoms with Crippen molar-refractivity contribution >= 4 is 23.5 Å². The molecule has 3 atom stereocenters. The van der Waals surface area contributed by atoms with Crippen molar-refractivity contribution in [1.82, 2.24) is 14.7 Å². The highest BCUT2D eigenvalue weighted by atomic mass is 16.7. The van der Waals surface area contributed by atoms with Gasteiger partial charge in [-0.25, -0.2) is 0 Å². The number of carbonyl (C=O) groups excluding carboxylic acids is 4. The highest BCUT2D eigenvalue weighted by Crippen LogP contribution is 2.39. The van der Waals surface area contributed by atoms with Gasteiger partial charge in [-0.2, -0.15) is 0 Å². The Morgan fingerprint density at radius 3 is 2.30 bits per heavy atom. The molecular weight excluding hydrogens is 430 g/mol. The number of amides is 3. The molecule has 0 radical (unpaired) electrons. The maximum atomic E-state index is 13.5. The number of ether oxygens (including phenoxy) is 3.